The van der Waals surface area contributed by atoms with Gasteiger partial charge in [0.1, 0.15) is 0 Å². The Labute approximate surface area is 104 Å². The molecule has 0 N–H and O–H groups in total. The van der Waals surface area contributed by atoms with Crippen LogP contribution in [0.1, 0.15) is 25.8 Å². The number of hydrogen-bond acceptors (Lipinski definition) is 1. The lowest BCUT2D eigenvalue weighted by Crippen LogP contribution is -2.21. The quantitative estimate of drug-likeness (QED) is 0.742. The van der Waals surface area contributed by atoms with Gasteiger partial charge in [0.2, 0.25) is 0 Å². The Morgan fingerprint density at radius 2 is 1.94 bits per heavy atom. The van der Waals surface area contributed by atoms with Crippen molar-refractivity contribution in [1.82, 2.24) is 0 Å². The van der Waals surface area contributed by atoms with Crippen molar-refractivity contribution in [1.29, 1.82) is 0 Å². The molecule has 0 saturated heterocycles. The second-order valence-electron chi connectivity index (χ2n) is 4.71. The summed E-state index contributed by atoms with van der Waals surface area (Å²) in [6.07, 6.45) is 9.09. The SMILES string of the molecule is CC(C)OC(Cc1ccccc1)C1=CCC=C1. The summed E-state index contributed by atoms with van der Waals surface area (Å²) >= 11 is 0. The van der Waals surface area contributed by atoms with Gasteiger partial charge in [0.15, 0.2) is 0 Å². The molecule has 1 heteroatoms. The third kappa shape index (κ3) is 3.57. The first-order valence-electron chi connectivity index (χ1n) is 6.31. The van der Waals surface area contributed by atoms with E-state index in [1.165, 1.54) is 11.1 Å². The third-order valence-corrected chi connectivity index (χ3v) is 2.87. The molecule has 2 rings (SSSR count). The summed E-state index contributed by atoms with van der Waals surface area (Å²) in [6, 6.07) is 10.5. The Hall–Kier alpha value is -1.34. The van der Waals surface area contributed by atoms with E-state index in [0.717, 1.165) is 12.8 Å². The van der Waals surface area contributed by atoms with Gasteiger partial charge in [-0.25, -0.2) is 0 Å². The van der Waals surface area contributed by atoms with Gasteiger partial charge in [0.05, 0.1) is 12.2 Å². The predicted octanol–water partition coefficient (Wildman–Crippen LogP) is 3.91. The molecule has 1 unspecified atom stereocenters. The largest absolute Gasteiger partial charge is 0.371 e. The first kappa shape index (κ1) is 12.1. The van der Waals surface area contributed by atoms with Crippen molar-refractivity contribution in [3.63, 3.8) is 0 Å². The van der Waals surface area contributed by atoms with E-state index in [4.69, 9.17) is 4.74 Å². The van der Waals surface area contributed by atoms with Gasteiger partial charge in [-0.05, 0) is 31.4 Å². The molecule has 0 radical (unpaired) electrons. The Morgan fingerprint density at radius 3 is 2.53 bits per heavy atom. The van der Waals surface area contributed by atoms with E-state index in [2.05, 4.69) is 62.4 Å². The normalized spacial score (nSPS) is 16.3. The van der Waals surface area contributed by atoms with Gasteiger partial charge in [0, 0.05) is 6.42 Å². The van der Waals surface area contributed by atoms with Gasteiger partial charge < -0.3 is 4.74 Å². The van der Waals surface area contributed by atoms with Crippen molar-refractivity contribution in [3.05, 3.63) is 59.7 Å². The molecular formula is C16H20O. The molecule has 0 amide bonds. The van der Waals surface area contributed by atoms with Crippen molar-refractivity contribution in [3.8, 4) is 0 Å². The highest BCUT2D eigenvalue weighted by Crippen LogP contribution is 2.21. The molecule has 0 aromatic heterocycles. The Kier molecular flexibility index (Phi) is 4.16. The molecule has 0 aliphatic heterocycles. The van der Waals surface area contributed by atoms with Gasteiger partial charge in [0.25, 0.3) is 0 Å². The summed E-state index contributed by atoms with van der Waals surface area (Å²) in [7, 11) is 0. The van der Waals surface area contributed by atoms with E-state index in [1.54, 1.807) is 0 Å². The van der Waals surface area contributed by atoms with Crippen LogP contribution >= 0.6 is 0 Å². The molecule has 90 valence electrons. The lowest BCUT2D eigenvalue weighted by atomic mass is 10.0. The van der Waals surface area contributed by atoms with E-state index in [-0.39, 0.29) is 12.2 Å². The molecule has 1 aliphatic carbocycles. The fourth-order valence-electron chi connectivity index (χ4n) is 2.12. The van der Waals surface area contributed by atoms with Gasteiger partial charge in [-0.1, -0.05) is 48.6 Å². The highest BCUT2D eigenvalue weighted by molar-refractivity contribution is 5.31. The van der Waals surface area contributed by atoms with Crippen LogP contribution in [0.2, 0.25) is 0 Å². The van der Waals surface area contributed by atoms with Crippen molar-refractivity contribution in [2.45, 2.75) is 38.9 Å². The standard InChI is InChI=1S/C16H20O/c1-13(2)17-16(15-10-6-7-11-15)12-14-8-4-3-5-9-14/h3-6,8-11,13,16H,7,12H2,1-2H3. The highest BCUT2D eigenvalue weighted by Gasteiger charge is 2.16. The number of rotatable bonds is 5. The van der Waals surface area contributed by atoms with E-state index < -0.39 is 0 Å². The van der Waals surface area contributed by atoms with Crippen LogP contribution in [0.5, 0.6) is 0 Å². The summed E-state index contributed by atoms with van der Waals surface area (Å²) < 4.78 is 6.02. The van der Waals surface area contributed by atoms with Crippen LogP contribution < -0.4 is 0 Å². The molecule has 1 atom stereocenters. The maximum Gasteiger partial charge on any atom is 0.0865 e. The number of allylic oxidation sites excluding steroid dienone is 2. The summed E-state index contributed by atoms with van der Waals surface area (Å²) in [6.45, 7) is 4.19. The molecule has 17 heavy (non-hydrogen) atoms. The molecule has 0 bridgehead atoms. The summed E-state index contributed by atoms with van der Waals surface area (Å²) in [5.41, 5.74) is 2.65. The second kappa shape index (κ2) is 5.83. The van der Waals surface area contributed by atoms with Gasteiger partial charge in [-0.15, -0.1) is 0 Å². The van der Waals surface area contributed by atoms with E-state index in [0.29, 0.717) is 0 Å². The van der Waals surface area contributed by atoms with Gasteiger partial charge in [-0.2, -0.15) is 0 Å². The zero-order valence-corrected chi connectivity index (χ0v) is 10.6. The average Bonchev–Trinajstić information content (AvgIpc) is 2.82. The average molecular weight is 228 g/mol. The van der Waals surface area contributed by atoms with E-state index in [1.807, 2.05) is 0 Å². The number of hydrogen-bond donors (Lipinski definition) is 0. The lowest BCUT2D eigenvalue weighted by Gasteiger charge is -2.21. The first-order valence-corrected chi connectivity index (χ1v) is 6.31. The minimum atomic E-state index is 0.191. The van der Waals surface area contributed by atoms with Crippen LogP contribution in [0.4, 0.5) is 0 Å². The highest BCUT2D eigenvalue weighted by atomic mass is 16.5. The molecule has 1 aromatic carbocycles. The summed E-state index contributed by atoms with van der Waals surface area (Å²) in [5, 5.41) is 0. The number of benzene rings is 1. The van der Waals surface area contributed by atoms with Crippen LogP contribution in [0.25, 0.3) is 0 Å². The first-order chi connectivity index (χ1) is 8.25. The minimum absolute atomic E-state index is 0.191. The fraction of sp³-hybridized carbons (Fsp3) is 0.375. The fourth-order valence-corrected chi connectivity index (χ4v) is 2.12. The van der Waals surface area contributed by atoms with Crippen LogP contribution in [0.3, 0.4) is 0 Å². The molecule has 0 fully saturated rings. The molecular weight excluding hydrogens is 208 g/mol. The Morgan fingerprint density at radius 1 is 1.18 bits per heavy atom. The van der Waals surface area contributed by atoms with E-state index in [9.17, 15) is 0 Å². The molecule has 1 aromatic rings. The van der Waals surface area contributed by atoms with Crippen LogP contribution in [0.15, 0.2) is 54.1 Å². The van der Waals surface area contributed by atoms with Crippen molar-refractivity contribution >= 4 is 0 Å². The Bertz CT molecular complexity index is 401. The Balaban J connectivity index is 2.08. The van der Waals surface area contributed by atoms with Crippen LogP contribution in [0, 0.1) is 0 Å². The van der Waals surface area contributed by atoms with Crippen LogP contribution in [-0.2, 0) is 11.2 Å². The molecule has 0 heterocycles. The number of ether oxygens (including phenoxy) is 1. The monoisotopic (exact) mass is 228 g/mol. The maximum atomic E-state index is 6.02. The zero-order chi connectivity index (χ0) is 12.1. The molecule has 0 spiro atoms. The van der Waals surface area contributed by atoms with Crippen LogP contribution in [-0.4, -0.2) is 12.2 Å². The van der Waals surface area contributed by atoms with Crippen molar-refractivity contribution < 1.29 is 4.74 Å². The molecule has 1 aliphatic rings. The smallest absolute Gasteiger partial charge is 0.0865 e. The molecule has 0 saturated carbocycles. The van der Waals surface area contributed by atoms with E-state index >= 15 is 0 Å². The topological polar surface area (TPSA) is 9.23 Å². The summed E-state index contributed by atoms with van der Waals surface area (Å²) in [4.78, 5) is 0. The second-order valence-corrected chi connectivity index (χ2v) is 4.71. The minimum Gasteiger partial charge on any atom is -0.371 e. The van der Waals surface area contributed by atoms with Gasteiger partial charge >= 0.3 is 0 Å². The van der Waals surface area contributed by atoms with Crippen molar-refractivity contribution in [2.24, 2.45) is 0 Å². The maximum absolute atomic E-state index is 6.02. The molecule has 1 nitrogen and oxygen atoms in total. The lowest BCUT2D eigenvalue weighted by molar-refractivity contribution is 0.0314. The zero-order valence-electron chi connectivity index (χ0n) is 10.6. The third-order valence-electron chi connectivity index (χ3n) is 2.87. The predicted molar refractivity (Wildman–Crippen MR) is 72.0 cm³/mol. The van der Waals surface area contributed by atoms with Crippen molar-refractivity contribution in [2.75, 3.05) is 0 Å². The van der Waals surface area contributed by atoms with Gasteiger partial charge in [-0.3, -0.25) is 0 Å². The summed E-state index contributed by atoms with van der Waals surface area (Å²) in [5.74, 6) is 0.